The summed E-state index contributed by atoms with van der Waals surface area (Å²) in [4.78, 5) is 11.3. The summed E-state index contributed by atoms with van der Waals surface area (Å²) in [6, 6.07) is 1.48. The lowest BCUT2D eigenvalue weighted by atomic mass is 10.2. The van der Waals surface area contributed by atoms with Crippen LogP contribution in [0.2, 0.25) is 15.1 Å². The highest BCUT2D eigenvalue weighted by atomic mass is 35.5. The largest absolute Gasteiger partial charge is 0.279 e. The van der Waals surface area contributed by atoms with Gasteiger partial charge in [0, 0.05) is 0 Å². The van der Waals surface area contributed by atoms with Gasteiger partial charge in [0.1, 0.15) is 6.04 Å². The highest BCUT2D eigenvalue weighted by molar-refractivity contribution is 7.92. The lowest BCUT2D eigenvalue weighted by Gasteiger charge is -2.28. The average Bonchev–Trinajstić information content (AvgIpc) is 2.35. The minimum atomic E-state index is -3.77. The van der Waals surface area contributed by atoms with Crippen LogP contribution in [-0.4, -0.2) is 25.5 Å². The Morgan fingerprint density at radius 1 is 1.20 bits per heavy atom. The molecule has 1 atom stereocenters. The molecule has 0 radical (unpaired) electrons. The molecular weight excluding hydrogens is 368 g/mol. The van der Waals surface area contributed by atoms with E-state index in [0.29, 0.717) is 0 Å². The minimum absolute atomic E-state index is 0.0567. The van der Waals surface area contributed by atoms with E-state index in [1.54, 1.807) is 0 Å². The number of carbonyl (C=O) groups is 1. The molecule has 1 aromatic rings. The van der Waals surface area contributed by atoms with Gasteiger partial charge in [-0.05, 0) is 37.6 Å². The molecule has 0 saturated heterocycles. The summed E-state index contributed by atoms with van der Waals surface area (Å²) >= 11 is 23.1. The minimum Gasteiger partial charge on any atom is -0.279 e. The third-order valence-corrected chi connectivity index (χ3v) is 5.75. The molecule has 1 rings (SSSR count). The van der Waals surface area contributed by atoms with Crippen molar-refractivity contribution in [2.45, 2.75) is 19.9 Å². The molecular formula is C11H11Cl4NO3S. The standard InChI is InChI=1S/C11H11Cl4NO3S/c1-3-20(18,19)16(6(2)11(15)17)10-5-8(13)7(12)4-9(10)14/h4-6H,3H2,1-2H3. The zero-order valence-electron chi connectivity index (χ0n) is 10.5. The molecule has 0 amide bonds. The third kappa shape index (κ3) is 3.71. The van der Waals surface area contributed by atoms with Gasteiger partial charge in [0.15, 0.2) is 0 Å². The maximum absolute atomic E-state index is 12.2. The Balaban J connectivity index is 3.54. The summed E-state index contributed by atoms with van der Waals surface area (Å²) in [6.45, 7) is 2.81. The fourth-order valence-corrected chi connectivity index (χ4v) is 3.66. The van der Waals surface area contributed by atoms with Gasteiger partial charge in [0.2, 0.25) is 15.3 Å². The maximum Gasteiger partial charge on any atom is 0.245 e. The summed E-state index contributed by atoms with van der Waals surface area (Å²) in [5, 5.41) is -0.471. The first kappa shape index (κ1) is 17.9. The van der Waals surface area contributed by atoms with Crippen molar-refractivity contribution in [3.05, 3.63) is 27.2 Å². The van der Waals surface area contributed by atoms with E-state index in [1.165, 1.54) is 26.0 Å². The SMILES string of the molecule is CCS(=O)(=O)N(c1cc(Cl)c(Cl)cc1Cl)C(C)C(=O)Cl. The number of halogens is 4. The molecule has 112 valence electrons. The van der Waals surface area contributed by atoms with Crippen molar-refractivity contribution >= 4 is 67.4 Å². The van der Waals surface area contributed by atoms with E-state index in [9.17, 15) is 13.2 Å². The number of nitrogens with zero attached hydrogens (tertiary/aromatic N) is 1. The Hall–Kier alpha value is -0.200. The van der Waals surface area contributed by atoms with Crippen LogP contribution >= 0.6 is 46.4 Å². The van der Waals surface area contributed by atoms with E-state index in [-0.39, 0.29) is 26.5 Å². The van der Waals surface area contributed by atoms with Gasteiger partial charge in [-0.2, -0.15) is 0 Å². The first-order chi connectivity index (χ1) is 9.11. The van der Waals surface area contributed by atoms with Gasteiger partial charge in [-0.3, -0.25) is 9.10 Å². The van der Waals surface area contributed by atoms with Crippen molar-refractivity contribution in [3.8, 4) is 0 Å². The Labute approximate surface area is 137 Å². The van der Waals surface area contributed by atoms with Gasteiger partial charge in [-0.15, -0.1) is 0 Å². The van der Waals surface area contributed by atoms with E-state index in [1.807, 2.05) is 0 Å². The first-order valence-corrected chi connectivity index (χ1v) is 8.60. The molecule has 1 unspecified atom stereocenters. The topological polar surface area (TPSA) is 54.5 Å². The first-order valence-electron chi connectivity index (χ1n) is 5.47. The van der Waals surface area contributed by atoms with E-state index in [4.69, 9.17) is 46.4 Å². The Morgan fingerprint density at radius 2 is 1.70 bits per heavy atom. The second-order valence-corrected chi connectivity index (χ2v) is 7.62. The molecule has 0 fully saturated rings. The fraction of sp³-hybridized carbons (Fsp3) is 0.364. The van der Waals surface area contributed by atoms with Crippen molar-refractivity contribution in [1.29, 1.82) is 0 Å². The zero-order valence-corrected chi connectivity index (χ0v) is 14.4. The van der Waals surface area contributed by atoms with Crippen LogP contribution < -0.4 is 4.31 Å². The van der Waals surface area contributed by atoms with Crippen molar-refractivity contribution < 1.29 is 13.2 Å². The highest BCUT2D eigenvalue weighted by Gasteiger charge is 2.31. The van der Waals surface area contributed by atoms with Gasteiger partial charge in [-0.25, -0.2) is 8.42 Å². The molecule has 0 N–H and O–H groups in total. The summed E-state index contributed by atoms with van der Waals surface area (Å²) in [6.07, 6.45) is 0. The lowest BCUT2D eigenvalue weighted by molar-refractivity contribution is -0.112. The van der Waals surface area contributed by atoms with Gasteiger partial charge < -0.3 is 0 Å². The molecule has 20 heavy (non-hydrogen) atoms. The Kier molecular flexibility index (Phi) is 5.99. The van der Waals surface area contributed by atoms with Crippen molar-refractivity contribution in [2.75, 3.05) is 10.1 Å². The Bertz CT molecular complexity index is 633. The summed E-state index contributed by atoms with van der Waals surface area (Å²) in [7, 11) is -3.77. The molecule has 0 aliphatic heterocycles. The predicted molar refractivity (Wildman–Crippen MR) is 83.7 cm³/mol. The number of hydrogen-bond acceptors (Lipinski definition) is 3. The summed E-state index contributed by atoms with van der Waals surface area (Å²) in [5.41, 5.74) is 0.0596. The van der Waals surface area contributed by atoms with Crippen molar-refractivity contribution in [3.63, 3.8) is 0 Å². The highest BCUT2D eigenvalue weighted by Crippen LogP contribution is 2.37. The van der Waals surface area contributed by atoms with E-state index in [0.717, 1.165) is 4.31 Å². The molecule has 4 nitrogen and oxygen atoms in total. The molecule has 9 heteroatoms. The Morgan fingerprint density at radius 3 is 2.15 bits per heavy atom. The van der Waals surface area contributed by atoms with Crippen molar-refractivity contribution in [1.82, 2.24) is 0 Å². The van der Waals surface area contributed by atoms with Crippen LogP contribution in [0.4, 0.5) is 5.69 Å². The third-order valence-electron chi connectivity index (χ3n) is 2.57. The number of hydrogen-bond donors (Lipinski definition) is 0. The molecule has 0 saturated carbocycles. The zero-order chi connectivity index (χ0) is 15.7. The fourth-order valence-electron chi connectivity index (χ4n) is 1.51. The van der Waals surface area contributed by atoms with Crippen molar-refractivity contribution in [2.24, 2.45) is 0 Å². The smallest absolute Gasteiger partial charge is 0.245 e. The van der Waals surface area contributed by atoms with E-state index < -0.39 is 21.3 Å². The van der Waals surface area contributed by atoms with Crippen LogP contribution in [-0.2, 0) is 14.8 Å². The molecule has 0 aromatic heterocycles. The second kappa shape index (κ2) is 6.71. The maximum atomic E-state index is 12.2. The van der Waals surface area contributed by atoms with Crippen LogP contribution in [0.3, 0.4) is 0 Å². The summed E-state index contributed by atoms with van der Waals surface area (Å²) in [5.74, 6) is -0.224. The van der Waals surface area contributed by atoms with Gasteiger partial charge in [0.25, 0.3) is 0 Å². The van der Waals surface area contributed by atoms with Crippen LogP contribution in [0, 0.1) is 0 Å². The quantitative estimate of drug-likeness (QED) is 0.575. The number of benzene rings is 1. The van der Waals surface area contributed by atoms with Crippen LogP contribution in [0.1, 0.15) is 13.8 Å². The van der Waals surface area contributed by atoms with E-state index >= 15 is 0 Å². The molecule has 0 aliphatic carbocycles. The predicted octanol–water partition coefficient (Wildman–Crippen LogP) is 3.96. The second-order valence-electron chi connectivity index (χ2n) is 3.89. The lowest BCUT2D eigenvalue weighted by Crippen LogP contribution is -2.43. The van der Waals surface area contributed by atoms with Crippen LogP contribution in [0.5, 0.6) is 0 Å². The molecule has 0 spiro atoms. The molecule has 0 aliphatic rings. The van der Waals surface area contributed by atoms with Gasteiger partial charge in [0.05, 0.1) is 26.5 Å². The summed E-state index contributed by atoms with van der Waals surface area (Å²) < 4.78 is 25.2. The van der Waals surface area contributed by atoms with Gasteiger partial charge in [-0.1, -0.05) is 34.8 Å². The number of carbonyl (C=O) groups excluding carboxylic acids is 1. The number of sulfonamides is 1. The van der Waals surface area contributed by atoms with E-state index in [2.05, 4.69) is 0 Å². The molecule has 0 bridgehead atoms. The van der Waals surface area contributed by atoms with Crippen LogP contribution in [0.15, 0.2) is 12.1 Å². The molecule has 1 aromatic carbocycles. The number of anilines is 1. The normalized spacial score (nSPS) is 13.1. The molecule has 0 heterocycles. The van der Waals surface area contributed by atoms with Crippen LogP contribution in [0.25, 0.3) is 0 Å². The van der Waals surface area contributed by atoms with Gasteiger partial charge >= 0.3 is 0 Å². The number of rotatable bonds is 5. The average molecular weight is 379 g/mol. The monoisotopic (exact) mass is 377 g/mol.